The molecule has 0 heterocycles. The van der Waals surface area contributed by atoms with E-state index in [1.54, 1.807) is 0 Å². The lowest BCUT2D eigenvalue weighted by atomic mass is 10.3. The topological polar surface area (TPSA) is 12.5 Å². The van der Waals surface area contributed by atoms with Crippen molar-refractivity contribution in [3.05, 3.63) is 30.3 Å². The average molecular weight is 286 g/mol. The van der Waals surface area contributed by atoms with E-state index in [9.17, 15) is 0 Å². The smallest absolute Gasteiger partial charge is 0.119 e. The van der Waals surface area contributed by atoms with E-state index < -0.39 is 0 Å². The van der Waals surface area contributed by atoms with Crippen molar-refractivity contribution in [2.75, 3.05) is 31.6 Å². The van der Waals surface area contributed by atoms with Crippen molar-refractivity contribution in [2.45, 2.75) is 13.3 Å². The van der Waals surface area contributed by atoms with Gasteiger partial charge in [0, 0.05) is 18.4 Å². The molecule has 0 amide bonds. The highest BCUT2D eigenvalue weighted by Gasteiger charge is 2.02. The third-order valence-corrected chi connectivity index (χ3v) is 2.71. The monoisotopic (exact) mass is 285 g/mol. The normalized spacial score (nSPS) is 10.7. The molecule has 0 aliphatic heterocycles. The van der Waals surface area contributed by atoms with Crippen LogP contribution in [0.3, 0.4) is 0 Å². The van der Waals surface area contributed by atoms with E-state index in [1.807, 2.05) is 30.3 Å². The van der Waals surface area contributed by atoms with Crippen LogP contribution in [0.15, 0.2) is 30.3 Å². The second-order valence-electron chi connectivity index (χ2n) is 3.69. The third kappa shape index (κ3) is 5.52. The Morgan fingerprint density at radius 1 is 1.12 bits per heavy atom. The largest absolute Gasteiger partial charge is 0.492 e. The van der Waals surface area contributed by atoms with Crippen molar-refractivity contribution in [1.82, 2.24) is 4.90 Å². The van der Waals surface area contributed by atoms with Crippen LogP contribution >= 0.6 is 15.9 Å². The molecule has 0 aliphatic carbocycles. The van der Waals surface area contributed by atoms with Gasteiger partial charge in [-0.3, -0.25) is 4.90 Å². The first-order valence-electron chi connectivity index (χ1n) is 5.83. The summed E-state index contributed by atoms with van der Waals surface area (Å²) in [6, 6.07) is 9.99. The minimum absolute atomic E-state index is 0.761. The minimum atomic E-state index is 0.761. The van der Waals surface area contributed by atoms with Gasteiger partial charge in [-0.1, -0.05) is 41.1 Å². The molecule has 0 aromatic heterocycles. The molecule has 0 spiro atoms. The fraction of sp³-hybridized carbons (Fsp3) is 0.538. The molecule has 90 valence electrons. The number of halogens is 1. The molecule has 0 saturated carbocycles. The minimum Gasteiger partial charge on any atom is -0.492 e. The lowest BCUT2D eigenvalue weighted by Gasteiger charge is -2.20. The molecule has 0 N–H and O–H groups in total. The summed E-state index contributed by atoms with van der Waals surface area (Å²) in [7, 11) is 0. The summed E-state index contributed by atoms with van der Waals surface area (Å²) >= 11 is 3.47. The number of ether oxygens (including phenoxy) is 1. The molecule has 0 unspecified atom stereocenters. The van der Waals surface area contributed by atoms with Crippen LogP contribution in [0.1, 0.15) is 13.3 Å². The molecular weight excluding hydrogens is 266 g/mol. The number of benzene rings is 1. The molecule has 1 rings (SSSR count). The maximum absolute atomic E-state index is 5.67. The molecule has 0 bridgehead atoms. The van der Waals surface area contributed by atoms with E-state index in [-0.39, 0.29) is 0 Å². The van der Waals surface area contributed by atoms with Crippen LogP contribution in [0, 0.1) is 0 Å². The summed E-state index contributed by atoms with van der Waals surface area (Å²) in [6.07, 6.45) is 1.19. The van der Waals surface area contributed by atoms with Crippen molar-refractivity contribution >= 4 is 15.9 Å². The number of para-hydroxylation sites is 1. The first kappa shape index (κ1) is 13.5. The summed E-state index contributed by atoms with van der Waals surface area (Å²) in [4.78, 5) is 2.41. The van der Waals surface area contributed by atoms with Gasteiger partial charge in [-0.2, -0.15) is 0 Å². The molecule has 3 heteroatoms. The second-order valence-corrected chi connectivity index (χ2v) is 4.49. The summed E-state index contributed by atoms with van der Waals surface area (Å²) < 4.78 is 5.67. The van der Waals surface area contributed by atoms with E-state index in [0.29, 0.717) is 0 Å². The Hall–Kier alpha value is -0.540. The summed E-state index contributed by atoms with van der Waals surface area (Å²) in [5.74, 6) is 0.956. The highest BCUT2D eigenvalue weighted by atomic mass is 79.9. The highest BCUT2D eigenvalue weighted by molar-refractivity contribution is 9.09. The zero-order chi connectivity index (χ0) is 11.6. The van der Waals surface area contributed by atoms with Gasteiger partial charge in [-0.25, -0.2) is 0 Å². The summed E-state index contributed by atoms with van der Waals surface area (Å²) in [5.41, 5.74) is 0. The van der Waals surface area contributed by atoms with Gasteiger partial charge in [0.05, 0.1) is 0 Å². The number of alkyl halides is 1. The molecule has 0 aliphatic rings. The fourth-order valence-corrected chi connectivity index (χ4v) is 2.08. The van der Waals surface area contributed by atoms with Crippen LogP contribution in [0.4, 0.5) is 0 Å². The van der Waals surface area contributed by atoms with E-state index >= 15 is 0 Å². The molecule has 16 heavy (non-hydrogen) atoms. The number of hydrogen-bond acceptors (Lipinski definition) is 2. The Kier molecular flexibility index (Phi) is 7.26. The summed E-state index contributed by atoms with van der Waals surface area (Å²) in [6.45, 7) is 6.19. The second kappa shape index (κ2) is 8.59. The SMILES string of the molecule is CCCN(CCBr)CCOc1ccccc1. The maximum atomic E-state index is 5.67. The first-order chi connectivity index (χ1) is 7.86. The molecule has 0 fully saturated rings. The van der Waals surface area contributed by atoms with E-state index in [0.717, 1.165) is 37.3 Å². The van der Waals surface area contributed by atoms with Crippen LogP contribution < -0.4 is 4.74 Å². The van der Waals surface area contributed by atoms with Crippen LogP contribution in [0.5, 0.6) is 5.75 Å². The third-order valence-electron chi connectivity index (χ3n) is 2.36. The molecule has 1 aromatic rings. The lowest BCUT2D eigenvalue weighted by molar-refractivity contribution is 0.217. The highest BCUT2D eigenvalue weighted by Crippen LogP contribution is 2.08. The zero-order valence-electron chi connectivity index (χ0n) is 9.86. The fourth-order valence-electron chi connectivity index (χ4n) is 1.58. The Morgan fingerprint density at radius 2 is 1.88 bits per heavy atom. The van der Waals surface area contributed by atoms with Gasteiger partial charge in [-0.15, -0.1) is 0 Å². The standard InChI is InChI=1S/C13H20BrNO/c1-2-9-15(10-8-14)11-12-16-13-6-4-3-5-7-13/h3-7H,2,8-12H2,1H3. The quantitative estimate of drug-likeness (QED) is 0.681. The van der Waals surface area contributed by atoms with Crippen LogP contribution in [-0.4, -0.2) is 36.5 Å². The van der Waals surface area contributed by atoms with E-state index in [4.69, 9.17) is 4.74 Å². The molecule has 0 atom stereocenters. The average Bonchev–Trinajstić information content (AvgIpc) is 2.31. The van der Waals surface area contributed by atoms with E-state index in [2.05, 4.69) is 27.8 Å². The van der Waals surface area contributed by atoms with Crippen molar-refractivity contribution < 1.29 is 4.74 Å². The van der Waals surface area contributed by atoms with Crippen LogP contribution in [0.25, 0.3) is 0 Å². The number of hydrogen-bond donors (Lipinski definition) is 0. The zero-order valence-corrected chi connectivity index (χ0v) is 11.4. The van der Waals surface area contributed by atoms with Crippen molar-refractivity contribution in [1.29, 1.82) is 0 Å². The van der Waals surface area contributed by atoms with E-state index in [1.165, 1.54) is 6.42 Å². The van der Waals surface area contributed by atoms with Gasteiger partial charge in [0.1, 0.15) is 12.4 Å². The van der Waals surface area contributed by atoms with Gasteiger partial charge < -0.3 is 4.74 Å². The van der Waals surface area contributed by atoms with Gasteiger partial charge in [0.2, 0.25) is 0 Å². The number of nitrogens with zero attached hydrogens (tertiary/aromatic N) is 1. The van der Waals surface area contributed by atoms with Gasteiger partial charge in [-0.05, 0) is 25.1 Å². The van der Waals surface area contributed by atoms with Crippen LogP contribution in [-0.2, 0) is 0 Å². The Morgan fingerprint density at radius 3 is 2.50 bits per heavy atom. The number of rotatable bonds is 8. The van der Waals surface area contributed by atoms with Gasteiger partial charge in [0.15, 0.2) is 0 Å². The molecular formula is C13H20BrNO. The Labute approximate surface area is 107 Å². The predicted octanol–water partition coefficient (Wildman–Crippen LogP) is 3.17. The van der Waals surface area contributed by atoms with Crippen molar-refractivity contribution in [2.24, 2.45) is 0 Å². The Bertz CT molecular complexity index is 260. The maximum Gasteiger partial charge on any atom is 0.119 e. The lowest BCUT2D eigenvalue weighted by Crippen LogP contribution is -2.30. The molecule has 0 saturated heterocycles. The first-order valence-corrected chi connectivity index (χ1v) is 6.95. The van der Waals surface area contributed by atoms with Gasteiger partial charge >= 0.3 is 0 Å². The summed E-state index contributed by atoms with van der Waals surface area (Å²) in [5, 5.41) is 1.03. The molecule has 1 aromatic carbocycles. The van der Waals surface area contributed by atoms with Crippen LogP contribution in [0.2, 0.25) is 0 Å². The predicted molar refractivity (Wildman–Crippen MR) is 72.5 cm³/mol. The Balaban J connectivity index is 2.22. The van der Waals surface area contributed by atoms with Crippen molar-refractivity contribution in [3.63, 3.8) is 0 Å². The molecule has 2 nitrogen and oxygen atoms in total. The van der Waals surface area contributed by atoms with Gasteiger partial charge in [0.25, 0.3) is 0 Å². The van der Waals surface area contributed by atoms with Crippen molar-refractivity contribution in [3.8, 4) is 5.75 Å². The molecule has 0 radical (unpaired) electrons.